The summed E-state index contributed by atoms with van der Waals surface area (Å²) in [5.41, 5.74) is 3.30. The molecule has 0 aliphatic carbocycles. The summed E-state index contributed by atoms with van der Waals surface area (Å²) < 4.78 is 1.06. The van der Waals surface area contributed by atoms with Gasteiger partial charge in [0.05, 0.1) is 4.92 Å². The van der Waals surface area contributed by atoms with E-state index < -0.39 is 4.92 Å². The SMILES string of the molecule is Cc1ccc(CNc2ccc([N+](=O)[O-])cc2)c(Br)c1. The van der Waals surface area contributed by atoms with Gasteiger partial charge in [0, 0.05) is 28.8 Å². The number of nitrogens with zero attached hydrogens (tertiary/aromatic N) is 1. The van der Waals surface area contributed by atoms with Crippen LogP contribution in [0.1, 0.15) is 11.1 Å². The predicted octanol–water partition coefficient (Wildman–Crippen LogP) is 4.28. The number of nitrogens with one attached hydrogen (secondary N) is 1. The highest BCUT2D eigenvalue weighted by Crippen LogP contribution is 2.21. The van der Waals surface area contributed by atoms with E-state index in [0.717, 1.165) is 15.7 Å². The van der Waals surface area contributed by atoms with Crippen molar-refractivity contribution < 1.29 is 4.92 Å². The molecule has 0 saturated heterocycles. The number of aryl methyl sites for hydroxylation is 1. The maximum Gasteiger partial charge on any atom is 0.269 e. The van der Waals surface area contributed by atoms with Crippen LogP contribution in [0.15, 0.2) is 46.9 Å². The third kappa shape index (κ3) is 3.54. The van der Waals surface area contributed by atoms with E-state index in [1.807, 2.05) is 6.92 Å². The molecule has 0 atom stereocenters. The second-order valence-electron chi connectivity index (χ2n) is 4.25. The van der Waals surface area contributed by atoms with Crippen molar-refractivity contribution in [1.82, 2.24) is 0 Å². The van der Waals surface area contributed by atoms with Crippen molar-refractivity contribution in [3.63, 3.8) is 0 Å². The maximum atomic E-state index is 10.5. The Morgan fingerprint density at radius 2 is 1.89 bits per heavy atom. The van der Waals surface area contributed by atoms with E-state index >= 15 is 0 Å². The van der Waals surface area contributed by atoms with Crippen molar-refractivity contribution in [1.29, 1.82) is 0 Å². The molecule has 0 aliphatic rings. The van der Waals surface area contributed by atoms with Gasteiger partial charge in [-0.3, -0.25) is 10.1 Å². The molecule has 2 aromatic carbocycles. The van der Waals surface area contributed by atoms with Crippen molar-refractivity contribution in [3.8, 4) is 0 Å². The molecule has 0 spiro atoms. The zero-order valence-electron chi connectivity index (χ0n) is 10.4. The Morgan fingerprint density at radius 3 is 2.47 bits per heavy atom. The van der Waals surface area contributed by atoms with E-state index in [9.17, 15) is 10.1 Å². The van der Waals surface area contributed by atoms with Gasteiger partial charge in [0.1, 0.15) is 0 Å². The molecule has 0 unspecified atom stereocenters. The summed E-state index contributed by atoms with van der Waals surface area (Å²) in [6.45, 7) is 2.71. The van der Waals surface area contributed by atoms with Gasteiger partial charge < -0.3 is 5.32 Å². The first kappa shape index (κ1) is 13.5. The van der Waals surface area contributed by atoms with Crippen LogP contribution in [0, 0.1) is 17.0 Å². The van der Waals surface area contributed by atoms with Crippen LogP contribution < -0.4 is 5.32 Å². The van der Waals surface area contributed by atoms with Gasteiger partial charge in [-0.05, 0) is 36.2 Å². The van der Waals surface area contributed by atoms with Crippen LogP contribution in [-0.2, 0) is 6.54 Å². The zero-order valence-corrected chi connectivity index (χ0v) is 12.0. The summed E-state index contributed by atoms with van der Waals surface area (Å²) in [5, 5.41) is 13.8. The van der Waals surface area contributed by atoms with E-state index in [1.165, 1.54) is 17.7 Å². The summed E-state index contributed by atoms with van der Waals surface area (Å²) in [5.74, 6) is 0. The van der Waals surface area contributed by atoms with Gasteiger partial charge in [-0.25, -0.2) is 0 Å². The Kier molecular flexibility index (Phi) is 4.16. The van der Waals surface area contributed by atoms with Crippen molar-refractivity contribution in [2.75, 3.05) is 5.32 Å². The molecule has 5 heteroatoms. The normalized spacial score (nSPS) is 10.2. The van der Waals surface area contributed by atoms with Crippen LogP contribution >= 0.6 is 15.9 Å². The molecule has 0 bridgehead atoms. The van der Waals surface area contributed by atoms with E-state index in [4.69, 9.17) is 0 Å². The molecule has 4 nitrogen and oxygen atoms in total. The van der Waals surface area contributed by atoms with E-state index in [-0.39, 0.29) is 5.69 Å². The van der Waals surface area contributed by atoms with Crippen LogP contribution in [0.5, 0.6) is 0 Å². The molecule has 98 valence electrons. The molecule has 0 saturated carbocycles. The zero-order chi connectivity index (χ0) is 13.8. The van der Waals surface area contributed by atoms with Crippen molar-refractivity contribution in [2.24, 2.45) is 0 Å². The first-order chi connectivity index (χ1) is 9.06. The van der Waals surface area contributed by atoms with Gasteiger partial charge in [0.25, 0.3) is 5.69 Å². The molecule has 19 heavy (non-hydrogen) atoms. The average Bonchev–Trinajstić information content (AvgIpc) is 2.38. The lowest BCUT2D eigenvalue weighted by Gasteiger charge is -2.08. The summed E-state index contributed by atoms with van der Waals surface area (Å²) in [4.78, 5) is 10.1. The number of benzene rings is 2. The summed E-state index contributed by atoms with van der Waals surface area (Å²) >= 11 is 3.52. The highest BCUT2D eigenvalue weighted by Gasteiger charge is 2.04. The molecule has 2 rings (SSSR count). The first-order valence-corrected chi connectivity index (χ1v) is 6.59. The highest BCUT2D eigenvalue weighted by molar-refractivity contribution is 9.10. The first-order valence-electron chi connectivity index (χ1n) is 5.79. The lowest BCUT2D eigenvalue weighted by Crippen LogP contribution is -2.00. The minimum Gasteiger partial charge on any atom is -0.381 e. The van der Waals surface area contributed by atoms with E-state index in [0.29, 0.717) is 6.54 Å². The fourth-order valence-electron chi connectivity index (χ4n) is 1.69. The largest absolute Gasteiger partial charge is 0.381 e. The van der Waals surface area contributed by atoms with E-state index in [1.54, 1.807) is 12.1 Å². The number of nitro benzene ring substituents is 1. The van der Waals surface area contributed by atoms with Crippen molar-refractivity contribution in [3.05, 3.63) is 68.2 Å². The molecular weight excluding hydrogens is 308 g/mol. The third-order valence-electron chi connectivity index (χ3n) is 2.77. The minimum absolute atomic E-state index is 0.0991. The molecule has 0 amide bonds. The third-order valence-corrected chi connectivity index (χ3v) is 3.51. The van der Waals surface area contributed by atoms with Gasteiger partial charge in [-0.1, -0.05) is 28.1 Å². The quantitative estimate of drug-likeness (QED) is 0.675. The number of rotatable bonds is 4. The van der Waals surface area contributed by atoms with Crippen LogP contribution in [0.25, 0.3) is 0 Å². The topological polar surface area (TPSA) is 55.2 Å². The number of nitro groups is 1. The average molecular weight is 321 g/mol. The number of non-ortho nitro benzene ring substituents is 1. The Hall–Kier alpha value is -1.88. The molecule has 0 heterocycles. The molecule has 0 aliphatic heterocycles. The lowest BCUT2D eigenvalue weighted by molar-refractivity contribution is -0.384. The molecule has 0 radical (unpaired) electrons. The van der Waals surface area contributed by atoms with Gasteiger partial charge in [-0.15, -0.1) is 0 Å². The standard InChI is InChI=1S/C14H13BrN2O2/c1-10-2-3-11(14(15)8-10)9-16-12-4-6-13(7-5-12)17(18)19/h2-8,16H,9H2,1H3. The van der Waals surface area contributed by atoms with Crippen LogP contribution in [0.4, 0.5) is 11.4 Å². The number of hydrogen-bond acceptors (Lipinski definition) is 3. The van der Waals surface area contributed by atoms with Crippen LogP contribution in [0.3, 0.4) is 0 Å². The monoisotopic (exact) mass is 320 g/mol. The van der Waals surface area contributed by atoms with E-state index in [2.05, 4.69) is 39.4 Å². The van der Waals surface area contributed by atoms with Gasteiger partial charge in [0.2, 0.25) is 0 Å². The fraction of sp³-hybridized carbons (Fsp3) is 0.143. The fourth-order valence-corrected chi connectivity index (χ4v) is 2.33. The molecule has 1 N–H and O–H groups in total. The highest BCUT2D eigenvalue weighted by atomic mass is 79.9. The smallest absolute Gasteiger partial charge is 0.269 e. The summed E-state index contributed by atoms with van der Waals surface area (Å²) in [6.07, 6.45) is 0. The number of halogens is 1. The minimum atomic E-state index is -0.402. The van der Waals surface area contributed by atoms with Crippen LogP contribution in [0.2, 0.25) is 0 Å². The van der Waals surface area contributed by atoms with Gasteiger partial charge in [-0.2, -0.15) is 0 Å². The Morgan fingerprint density at radius 1 is 1.21 bits per heavy atom. The summed E-state index contributed by atoms with van der Waals surface area (Å²) in [7, 11) is 0. The molecular formula is C14H13BrN2O2. The second-order valence-corrected chi connectivity index (χ2v) is 5.11. The lowest BCUT2D eigenvalue weighted by atomic mass is 10.1. The summed E-state index contributed by atoms with van der Waals surface area (Å²) in [6, 6.07) is 12.6. The Bertz CT molecular complexity index is 597. The Balaban J connectivity index is 2.04. The number of anilines is 1. The molecule has 0 fully saturated rings. The predicted molar refractivity (Wildman–Crippen MR) is 79.3 cm³/mol. The Labute approximate surface area is 119 Å². The van der Waals surface area contributed by atoms with Gasteiger partial charge >= 0.3 is 0 Å². The van der Waals surface area contributed by atoms with Gasteiger partial charge in [0.15, 0.2) is 0 Å². The number of hydrogen-bond donors (Lipinski definition) is 1. The van der Waals surface area contributed by atoms with Crippen molar-refractivity contribution in [2.45, 2.75) is 13.5 Å². The molecule has 2 aromatic rings. The molecule has 0 aromatic heterocycles. The maximum absolute atomic E-state index is 10.5. The van der Waals surface area contributed by atoms with Crippen molar-refractivity contribution >= 4 is 27.3 Å². The second kappa shape index (κ2) is 5.84. The van der Waals surface area contributed by atoms with Crippen LogP contribution in [-0.4, -0.2) is 4.92 Å².